The zero-order chi connectivity index (χ0) is 17.4. The Morgan fingerprint density at radius 3 is 2.50 bits per heavy atom. The van der Waals surface area contributed by atoms with E-state index in [9.17, 15) is 19.2 Å². The molecule has 9 heteroatoms. The van der Waals surface area contributed by atoms with Crippen LogP contribution in [0, 0.1) is 5.92 Å². The van der Waals surface area contributed by atoms with Crippen molar-refractivity contribution in [3.05, 3.63) is 29.0 Å². The number of imidazole rings is 1. The summed E-state index contributed by atoms with van der Waals surface area (Å²) < 4.78 is 10.6. The monoisotopic (exact) mass is 331 g/mol. The Hall–Kier alpha value is -3.10. The van der Waals surface area contributed by atoms with E-state index in [1.807, 2.05) is 0 Å². The minimum atomic E-state index is -1.03. The maximum atomic E-state index is 12.7. The Morgan fingerprint density at radius 2 is 1.83 bits per heavy atom. The molecule has 0 aliphatic carbocycles. The van der Waals surface area contributed by atoms with Gasteiger partial charge >= 0.3 is 11.9 Å². The van der Waals surface area contributed by atoms with Crippen LogP contribution in [0.2, 0.25) is 0 Å². The number of aromatic nitrogens is 2. The number of ether oxygens (including phenoxy) is 2. The molecule has 3 rings (SSSR count). The molecule has 1 aromatic rings. The van der Waals surface area contributed by atoms with Crippen molar-refractivity contribution in [1.29, 1.82) is 0 Å². The number of Topliss-reactive ketones (excluding diaryl/α,β-unsaturated/α-hetero) is 1. The summed E-state index contributed by atoms with van der Waals surface area (Å²) in [5.41, 5.74) is -0.660. The van der Waals surface area contributed by atoms with Crippen LogP contribution < -0.4 is 0 Å². The van der Waals surface area contributed by atoms with E-state index in [-0.39, 0.29) is 35.9 Å². The molecule has 0 fully saturated rings. The fourth-order valence-corrected chi connectivity index (χ4v) is 2.60. The lowest BCUT2D eigenvalue weighted by Crippen LogP contribution is -2.35. The number of carbonyl (C=O) groups is 4. The highest BCUT2D eigenvalue weighted by Gasteiger charge is 2.45. The number of allylic oxidation sites excluding steroid dienone is 1. The number of rotatable bonds is 4. The molecule has 0 aromatic carbocycles. The summed E-state index contributed by atoms with van der Waals surface area (Å²) >= 11 is 0. The zero-order valence-corrected chi connectivity index (χ0v) is 12.9. The molecule has 1 aromatic heterocycles. The van der Waals surface area contributed by atoms with Gasteiger partial charge in [0.15, 0.2) is 17.2 Å². The maximum absolute atomic E-state index is 12.7. The van der Waals surface area contributed by atoms with E-state index in [0.29, 0.717) is 0 Å². The normalized spacial score (nSPS) is 18.5. The number of aliphatic imine (C=N–C) groups is 1. The fourth-order valence-electron chi connectivity index (χ4n) is 2.60. The first kappa shape index (κ1) is 15.8. The van der Waals surface area contributed by atoms with Crippen LogP contribution in [0.4, 0.5) is 0 Å². The number of ketones is 1. The summed E-state index contributed by atoms with van der Waals surface area (Å²) in [5, 5.41) is 0. The van der Waals surface area contributed by atoms with E-state index in [1.54, 1.807) is 13.8 Å². The van der Waals surface area contributed by atoms with E-state index in [2.05, 4.69) is 9.98 Å². The van der Waals surface area contributed by atoms with Crippen LogP contribution in [0.1, 0.15) is 39.6 Å². The average molecular weight is 331 g/mol. The van der Waals surface area contributed by atoms with Crippen LogP contribution >= 0.6 is 0 Å². The summed E-state index contributed by atoms with van der Waals surface area (Å²) in [4.78, 5) is 56.8. The lowest BCUT2D eigenvalue weighted by molar-refractivity contribution is -0.138. The predicted molar refractivity (Wildman–Crippen MR) is 78.8 cm³/mol. The number of carbonyl (C=O) groups excluding carboxylic acids is 4. The SMILES string of the molecule is CCOC(=O)C1=C2C(=O)n3cnc(C(=O)OCC)c3C(=O)[C@H]2C=N1. The highest BCUT2D eigenvalue weighted by molar-refractivity contribution is 6.25. The second-order valence-corrected chi connectivity index (χ2v) is 4.94. The molecule has 9 nitrogen and oxygen atoms in total. The Labute approximate surface area is 136 Å². The molecular formula is C15H13N3O6. The molecule has 0 saturated carbocycles. The zero-order valence-electron chi connectivity index (χ0n) is 12.9. The average Bonchev–Trinajstić information content (AvgIpc) is 3.18. The topological polar surface area (TPSA) is 117 Å². The molecular weight excluding hydrogens is 318 g/mol. The number of hydrogen-bond acceptors (Lipinski definition) is 8. The Kier molecular flexibility index (Phi) is 3.84. The first-order valence-corrected chi connectivity index (χ1v) is 7.30. The van der Waals surface area contributed by atoms with Crippen LogP contribution in [0.5, 0.6) is 0 Å². The molecule has 24 heavy (non-hydrogen) atoms. The van der Waals surface area contributed by atoms with Crippen molar-refractivity contribution in [2.45, 2.75) is 13.8 Å². The number of nitrogens with zero attached hydrogens (tertiary/aromatic N) is 3. The number of fused-ring (bicyclic) bond motifs is 2. The summed E-state index contributed by atoms with van der Waals surface area (Å²) in [6.45, 7) is 3.45. The minimum absolute atomic E-state index is 0.0706. The van der Waals surface area contributed by atoms with Gasteiger partial charge < -0.3 is 9.47 Å². The molecule has 2 aliphatic heterocycles. The van der Waals surface area contributed by atoms with Gasteiger partial charge in [-0.05, 0) is 13.8 Å². The van der Waals surface area contributed by atoms with Crippen molar-refractivity contribution in [2.24, 2.45) is 10.9 Å². The van der Waals surface area contributed by atoms with Gasteiger partial charge in [0.2, 0.25) is 0 Å². The van der Waals surface area contributed by atoms with Crippen LogP contribution in [0.15, 0.2) is 22.6 Å². The second kappa shape index (κ2) is 5.84. The molecule has 0 amide bonds. The Morgan fingerprint density at radius 1 is 1.17 bits per heavy atom. The van der Waals surface area contributed by atoms with Gasteiger partial charge in [-0.3, -0.25) is 19.1 Å². The van der Waals surface area contributed by atoms with Gasteiger partial charge in [-0.25, -0.2) is 14.6 Å². The molecule has 0 radical (unpaired) electrons. The van der Waals surface area contributed by atoms with Crippen molar-refractivity contribution >= 4 is 29.8 Å². The van der Waals surface area contributed by atoms with Crippen molar-refractivity contribution in [1.82, 2.24) is 9.55 Å². The Balaban J connectivity index is 2.09. The summed E-state index contributed by atoms with van der Waals surface area (Å²) in [7, 11) is 0. The van der Waals surface area contributed by atoms with Crippen molar-refractivity contribution < 1.29 is 28.7 Å². The smallest absolute Gasteiger partial charge is 0.359 e. The highest BCUT2D eigenvalue weighted by atomic mass is 16.5. The lowest BCUT2D eigenvalue weighted by Gasteiger charge is -2.19. The van der Waals surface area contributed by atoms with Crippen LogP contribution in [0.25, 0.3) is 0 Å². The molecule has 0 N–H and O–H groups in total. The standard InChI is InChI=1S/C15H13N3O6/c1-3-23-14(21)9-8-7(5-16-9)12(19)11-10(15(22)24-4-2)17-6-18(11)13(8)20/h5-7H,3-4H2,1-2H3/t7-/m0/s1. The van der Waals surface area contributed by atoms with Gasteiger partial charge in [0.05, 0.1) is 24.7 Å². The van der Waals surface area contributed by atoms with E-state index < -0.39 is 29.5 Å². The van der Waals surface area contributed by atoms with E-state index in [0.717, 1.165) is 10.9 Å². The summed E-state index contributed by atoms with van der Waals surface area (Å²) in [6.07, 6.45) is 2.26. The van der Waals surface area contributed by atoms with E-state index >= 15 is 0 Å². The van der Waals surface area contributed by atoms with Crippen LogP contribution in [0.3, 0.4) is 0 Å². The molecule has 1 atom stereocenters. The number of hydrogen-bond donors (Lipinski definition) is 0. The van der Waals surface area contributed by atoms with Gasteiger partial charge in [0, 0.05) is 6.21 Å². The molecule has 124 valence electrons. The summed E-state index contributed by atoms with van der Waals surface area (Å²) in [5.74, 6) is -3.79. The molecule has 0 bridgehead atoms. The lowest BCUT2D eigenvalue weighted by atomic mass is 9.89. The Bertz CT molecular complexity index is 832. The van der Waals surface area contributed by atoms with Gasteiger partial charge in [-0.1, -0.05) is 0 Å². The van der Waals surface area contributed by atoms with E-state index in [1.165, 1.54) is 6.21 Å². The van der Waals surface area contributed by atoms with E-state index in [4.69, 9.17) is 9.47 Å². The molecule has 0 saturated heterocycles. The third kappa shape index (κ3) is 2.16. The third-order valence-corrected chi connectivity index (χ3v) is 3.59. The first-order chi connectivity index (χ1) is 11.5. The second-order valence-electron chi connectivity index (χ2n) is 4.94. The predicted octanol–water partition coefficient (Wildman–Crippen LogP) is 0.414. The van der Waals surface area contributed by atoms with Crippen molar-refractivity contribution in [3.63, 3.8) is 0 Å². The first-order valence-electron chi connectivity index (χ1n) is 7.30. The molecule has 3 heterocycles. The third-order valence-electron chi connectivity index (χ3n) is 3.59. The molecule has 0 spiro atoms. The van der Waals surface area contributed by atoms with Gasteiger partial charge in [-0.15, -0.1) is 0 Å². The van der Waals surface area contributed by atoms with Gasteiger partial charge in [0.1, 0.15) is 12.0 Å². The quantitative estimate of drug-likeness (QED) is 0.734. The number of esters is 2. The van der Waals surface area contributed by atoms with Crippen molar-refractivity contribution in [3.8, 4) is 0 Å². The van der Waals surface area contributed by atoms with Gasteiger partial charge in [0.25, 0.3) is 5.91 Å². The van der Waals surface area contributed by atoms with Crippen LogP contribution in [-0.4, -0.2) is 52.6 Å². The van der Waals surface area contributed by atoms with Crippen molar-refractivity contribution in [2.75, 3.05) is 13.2 Å². The molecule has 2 aliphatic rings. The molecule has 0 unspecified atom stereocenters. The van der Waals surface area contributed by atoms with Gasteiger partial charge in [-0.2, -0.15) is 0 Å². The summed E-state index contributed by atoms with van der Waals surface area (Å²) in [6, 6.07) is 0. The maximum Gasteiger partial charge on any atom is 0.359 e. The minimum Gasteiger partial charge on any atom is -0.461 e. The fraction of sp³-hybridized carbons (Fsp3) is 0.333. The van der Waals surface area contributed by atoms with Crippen LogP contribution in [-0.2, 0) is 14.3 Å². The largest absolute Gasteiger partial charge is 0.461 e. The highest BCUT2D eigenvalue weighted by Crippen LogP contribution is 2.33.